The van der Waals surface area contributed by atoms with Gasteiger partial charge in [0.1, 0.15) is 4.83 Å². The predicted octanol–water partition coefficient (Wildman–Crippen LogP) is 4.20. The number of thiazole rings is 1. The molecule has 2 amide bonds. The second-order valence-corrected chi connectivity index (χ2v) is 12.2. The number of anilines is 2. The Hall–Kier alpha value is -3.57. The number of aromatic nitrogens is 5. The lowest BCUT2D eigenvalue weighted by atomic mass is 9.83. The summed E-state index contributed by atoms with van der Waals surface area (Å²) in [6.45, 7) is 8.08. The van der Waals surface area contributed by atoms with Gasteiger partial charge in [0.2, 0.25) is 5.91 Å². The minimum atomic E-state index is -0.276. The summed E-state index contributed by atoms with van der Waals surface area (Å²) in [7, 11) is 1.87. The number of carbonyl (C=O) groups is 2. The van der Waals surface area contributed by atoms with Crippen LogP contribution in [0.3, 0.4) is 0 Å². The third-order valence-electron chi connectivity index (χ3n) is 7.95. The van der Waals surface area contributed by atoms with E-state index < -0.39 is 0 Å². The molecule has 1 atom stereocenters. The van der Waals surface area contributed by atoms with E-state index in [1.165, 1.54) is 30.6 Å². The number of rotatable bonds is 6. The summed E-state index contributed by atoms with van der Waals surface area (Å²) in [5.74, 6) is -0.305. The SMILES string of the molecule is Cc1ncc(NC(=O)C2CN(C3CCCC3(C)C)C2)cc1NC(=O)c1cnn2cc(-c3cnn(C)c3)sc12. The average molecular weight is 533 g/mol. The number of nitrogens with zero attached hydrogens (tertiary/aromatic N) is 6. The monoisotopic (exact) mass is 532 g/mol. The van der Waals surface area contributed by atoms with Crippen molar-refractivity contribution in [3.8, 4) is 10.4 Å². The van der Waals surface area contributed by atoms with Crippen molar-refractivity contribution in [2.24, 2.45) is 18.4 Å². The van der Waals surface area contributed by atoms with Crippen molar-refractivity contribution in [3.05, 3.63) is 48.3 Å². The number of hydrogen-bond donors (Lipinski definition) is 2. The van der Waals surface area contributed by atoms with Gasteiger partial charge < -0.3 is 10.6 Å². The molecule has 6 rings (SSSR count). The van der Waals surface area contributed by atoms with E-state index in [9.17, 15) is 9.59 Å². The van der Waals surface area contributed by atoms with Crippen molar-refractivity contribution in [2.45, 2.75) is 46.1 Å². The van der Waals surface area contributed by atoms with Gasteiger partial charge in [0.25, 0.3) is 5.91 Å². The Morgan fingerprint density at radius 1 is 1.11 bits per heavy atom. The third-order valence-corrected chi connectivity index (χ3v) is 9.12. The molecule has 2 aliphatic rings. The summed E-state index contributed by atoms with van der Waals surface area (Å²) < 4.78 is 3.45. The smallest absolute Gasteiger partial charge is 0.260 e. The fourth-order valence-electron chi connectivity index (χ4n) is 5.70. The summed E-state index contributed by atoms with van der Waals surface area (Å²) in [5.41, 5.74) is 3.56. The van der Waals surface area contributed by atoms with Crippen molar-refractivity contribution in [1.29, 1.82) is 0 Å². The second kappa shape index (κ2) is 9.32. The zero-order valence-corrected chi connectivity index (χ0v) is 22.9. The van der Waals surface area contributed by atoms with Crippen LogP contribution in [0.4, 0.5) is 11.4 Å². The van der Waals surface area contributed by atoms with E-state index in [1.807, 2.05) is 26.4 Å². The number of likely N-dealkylation sites (tertiary alicyclic amines) is 1. The van der Waals surface area contributed by atoms with Crippen LogP contribution in [0.25, 0.3) is 15.3 Å². The molecule has 11 heteroatoms. The van der Waals surface area contributed by atoms with Crippen LogP contribution in [-0.4, -0.2) is 60.2 Å². The molecule has 198 valence electrons. The normalized spacial score (nSPS) is 19.5. The average Bonchev–Trinajstić information content (AvgIpc) is 3.59. The van der Waals surface area contributed by atoms with E-state index in [0.29, 0.717) is 34.1 Å². The first kappa shape index (κ1) is 24.7. The maximum Gasteiger partial charge on any atom is 0.260 e. The van der Waals surface area contributed by atoms with Gasteiger partial charge in [-0.3, -0.25) is 24.2 Å². The molecule has 1 aliphatic carbocycles. The quantitative estimate of drug-likeness (QED) is 0.385. The number of aryl methyl sites for hydroxylation is 2. The Bertz CT molecular complexity index is 1530. The molecule has 10 nitrogen and oxygen atoms in total. The molecule has 0 spiro atoms. The molecule has 0 radical (unpaired) electrons. The van der Waals surface area contributed by atoms with Crippen molar-refractivity contribution in [1.82, 2.24) is 29.3 Å². The summed E-state index contributed by atoms with van der Waals surface area (Å²) in [4.78, 5) is 34.7. The Kier molecular flexibility index (Phi) is 6.07. The largest absolute Gasteiger partial charge is 0.324 e. The van der Waals surface area contributed by atoms with Crippen LogP contribution in [0.15, 0.2) is 37.1 Å². The minimum Gasteiger partial charge on any atom is -0.324 e. The summed E-state index contributed by atoms with van der Waals surface area (Å²) >= 11 is 1.48. The van der Waals surface area contributed by atoms with Crippen LogP contribution in [0.2, 0.25) is 0 Å². The van der Waals surface area contributed by atoms with Gasteiger partial charge in [-0.25, -0.2) is 4.52 Å². The van der Waals surface area contributed by atoms with Crippen molar-refractivity contribution in [2.75, 3.05) is 23.7 Å². The molecule has 4 aromatic heterocycles. The molecule has 0 bridgehead atoms. The molecule has 1 saturated carbocycles. The fraction of sp³-hybridized carbons (Fsp3) is 0.444. The van der Waals surface area contributed by atoms with Gasteiger partial charge in [-0.15, -0.1) is 11.3 Å². The molecule has 0 aromatic carbocycles. The summed E-state index contributed by atoms with van der Waals surface area (Å²) in [5, 5.41) is 14.5. The highest BCUT2D eigenvalue weighted by molar-refractivity contribution is 7.21. The van der Waals surface area contributed by atoms with Gasteiger partial charge in [-0.05, 0) is 31.2 Å². The minimum absolute atomic E-state index is 0.000146. The van der Waals surface area contributed by atoms with Crippen molar-refractivity contribution >= 4 is 39.4 Å². The predicted molar refractivity (Wildman–Crippen MR) is 147 cm³/mol. The lowest BCUT2D eigenvalue weighted by Crippen LogP contribution is -2.58. The zero-order valence-electron chi connectivity index (χ0n) is 22.1. The van der Waals surface area contributed by atoms with Crippen LogP contribution in [-0.2, 0) is 11.8 Å². The Labute approximate surface area is 225 Å². The number of carbonyl (C=O) groups excluding carboxylic acids is 2. The molecule has 2 N–H and O–H groups in total. The van der Waals surface area contributed by atoms with Gasteiger partial charge in [-0.2, -0.15) is 10.2 Å². The number of nitrogens with one attached hydrogen (secondary N) is 2. The van der Waals surface area contributed by atoms with Crippen molar-refractivity contribution < 1.29 is 9.59 Å². The molecule has 1 unspecified atom stereocenters. The van der Waals surface area contributed by atoms with Gasteiger partial charge in [0.05, 0.1) is 52.0 Å². The summed E-state index contributed by atoms with van der Waals surface area (Å²) in [6.07, 6.45) is 12.5. The first-order valence-electron chi connectivity index (χ1n) is 13.0. The van der Waals surface area contributed by atoms with E-state index in [-0.39, 0.29) is 17.7 Å². The number of amides is 2. The third kappa shape index (κ3) is 4.49. The zero-order chi connectivity index (χ0) is 26.6. The molecule has 38 heavy (non-hydrogen) atoms. The highest BCUT2D eigenvalue weighted by atomic mass is 32.1. The molecule has 2 fully saturated rings. The number of hydrogen-bond acceptors (Lipinski definition) is 7. The van der Waals surface area contributed by atoms with Gasteiger partial charge in [0.15, 0.2) is 0 Å². The summed E-state index contributed by atoms with van der Waals surface area (Å²) in [6, 6.07) is 2.33. The van der Waals surface area contributed by atoms with E-state index in [2.05, 4.69) is 44.6 Å². The van der Waals surface area contributed by atoms with E-state index in [0.717, 1.165) is 28.4 Å². The molecule has 4 aromatic rings. The fourth-order valence-corrected chi connectivity index (χ4v) is 6.74. The highest BCUT2D eigenvalue weighted by Crippen LogP contribution is 2.43. The van der Waals surface area contributed by atoms with E-state index in [1.54, 1.807) is 33.9 Å². The molecule has 1 aliphatic heterocycles. The van der Waals surface area contributed by atoms with Gasteiger partial charge >= 0.3 is 0 Å². The topological polar surface area (TPSA) is 109 Å². The molecular formula is C27H32N8O2S. The first-order valence-corrected chi connectivity index (χ1v) is 13.8. The standard InChI is InChI=1S/C27H32N8O2S/c1-16-21(32-25(37)20-11-30-35-15-22(38-26(20)35)17-9-29-33(4)12-17)8-19(10-28-16)31-24(36)18-13-34(14-18)23-6-5-7-27(23,2)3/h8-12,15,18,23H,5-7,13-14H2,1-4H3,(H,31,36)(H,32,37). The number of fused-ring (bicyclic) bond motifs is 1. The van der Waals surface area contributed by atoms with Crippen LogP contribution >= 0.6 is 11.3 Å². The second-order valence-electron chi connectivity index (χ2n) is 11.2. The van der Waals surface area contributed by atoms with E-state index >= 15 is 0 Å². The Morgan fingerprint density at radius 2 is 1.92 bits per heavy atom. The van der Waals surface area contributed by atoms with Gasteiger partial charge in [0, 0.05) is 44.1 Å². The van der Waals surface area contributed by atoms with Crippen LogP contribution in [0.1, 0.15) is 49.2 Å². The van der Waals surface area contributed by atoms with Crippen LogP contribution in [0, 0.1) is 18.3 Å². The maximum absolute atomic E-state index is 13.2. The molecule has 5 heterocycles. The Balaban J connectivity index is 1.12. The van der Waals surface area contributed by atoms with Crippen LogP contribution in [0.5, 0.6) is 0 Å². The maximum atomic E-state index is 13.2. The van der Waals surface area contributed by atoms with Crippen molar-refractivity contribution in [3.63, 3.8) is 0 Å². The number of pyridine rings is 1. The lowest BCUT2D eigenvalue weighted by Gasteiger charge is -2.47. The lowest BCUT2D eigenvalue weighted by molar-refractivity contribution is -0.127. The van der Waals surface area contributed by atoms with Crippen LogP contribution < -0.4 is 10.6 Å². The van der Waals surface area contributed by atoms with E-state index in [4.69, 9.17) is 0 Å². The highest BCUT2D eigenvalue weighted by Gasteiger charge is 2.44. The molecular weight excluding hydrogens is 500 g/mol. The Morgan fingerprint density at radius 3 is 2.63 bits per heavy atom. The molecule has 1 saturated heterocycles. The first-order chi connectivity index (χ1) is 18.2. The van der Waals surface area contributed by atoms with Gasteiger partial charge in [-0.1, -0.05) is 20.3 Å².